The van der Waals surface area contributed by atoms with E-state index < -0.39 is 0 Å². The fourth-order valence-electron chi connectivity index (χ4n) is 3.49. The lowest BCUT2D eigenvalue weighted by Crippen LogP contribution is -2.36. The van der Waals surface area contributed by atoms with Crippen LogP contribution in [0.4, 0.5) is 0 Å². The van der Waals surface area contributed by atoms with E-state index in [1.165, 1.54) is 4.90 Å². The van der Waals surface area contributed by atoms with Crippen molar-refractivity contribution < 1.29 is 14.4 Å². The Morgan fingerprint density at radius 3 is 2.44 bits per heavy atom. The summed E-state index contributed by atoms with van der Waals surface area (Å²) < 4.78 is 0. The van der Waals surface area contributed by atoms with Crippen molar-refractivity contribution in [1.82, 2.24) is 9.80 Å². The molecule has 0 unspecified atom stereocenters. The molecule has 1 aromatic carbocycles. The van der Waals surface area contributed by atoms with E-state index in [0.29, 0.717) is 24.4 Å². The first kappa shape index (κ1) is 17.7. The quantitative estimate of drug-likeness (QED) is 0.599. The van der Waals surface area contributed by atoms with Crippen molar-refractivity contribution in [2.24, 2.45) is 11.8 Å². The number of rotatable bonds is 5. The van der Waals surface area contributed by atoms with Crippen LogP contribution in [0.2, 0.25) is 5.02 Å². The van der Waals surface area contributed by atoms with Gasteiger partial charge in [-0.1, -0.05) is 35.9 Å². The average molecular weight is 361 g/mol. The summed E-state index contributed by atoms with van der Waals surface area (Å²) in [6, 6.07) is 7.34. The first-order chi connectivity index (χ1) is 12.0. The molecule has 6 heteroatoms. The molecule has 0 aromatic heterocycles. The van der Waals surface area contributed by atoms with E-state index in [1.54, 1.807) is 18.0 Å². The Hall–Kier alpha value is -2.14. The molecule has 0 N–H and O–H groups in total. The number of allylic oxidation sites excluding steroid dienone is 2. The van der Waals surface area contributed by atoms with Gasteiger partial charge in [-0.15, -0.1) is 0 Å². The summed E-state index contributed by atoms with van der Waals surface area (Å²) in [5.74, 6) is -0.851. The van der Waals surface area contributed by atoms with Gasteiger partial charge in [-0.3, -0.25) is 19.3 Å². The van der Waals surface area contributed by atoms with Crippen LogP contribution < -0.4 is 0 Å². The van der Waals surface area contributed by atoms with Gasteiger partial charge in [-0.2, -0.15) is 0 Å². The maximum Gasteiger partial charge on any atom is 0.233 e. The van der Waals surface area contributed by atoms with Crippen LogP contribution in [0.25, 0.3) is 0 Å². The highest BCUT2D eigenvalue weighted by molar-refractivity contribution is 6.30. The van der Waals surface area contributed by atoms with Crippen molar-refractivity contribution in [2.75, 3.05) is 13.6 Å². The molecule has 3 amide bonds. The fourth-order valence-corrected chi connectivity index (χ4v) is 3.70. The summed E-state index contributed by atoms with van der Waals surface area (Å²) >= 11 is 5.96. The Morgan fingerprint density at radius 1 is 1.20 bits per heavy atom. The molecule has 25 heavy (non-hydrogen) atoms. The molecule has 1 heterocycles. The van der Waals surface area contributed by atoms with Gasteiger partial charge in [0.2, 0.25) is 17.7 Å². The van der Waals surface area contributed by atoms with E-state index in [4.69, 9.17) is 11.6 Å². The fraction of sp³-hybridized carbons (Fsp3) is 0.421. The molecule has 1 fully saturated rings. The molecule has 1 saturated heterocycles. The lowest BCUT2D eigenvalue weighted by atomic mass is 9.85. The van der Waals surface area contributed by atoms with E-state index in [2.05, 4.69) is 0 Å². The normalized spacial score (nSPS) is 22.2. The highest BCUT2D eigenvalue weighted by Crippen LogP contribution is 2.35. The van der Waals surface area contributed by atoms with Gasteiger partial charge in [0.05, 0.1) is 11.8 Å². The molecule has 1 aliphatic heterocycles. The zero-order chi connectivity index (χ0) is 18.0. The number of carbonyl (C=O) groups excluding carboxylic acids is 3. The highest BCUT2D eigenvalue weighted by Gasteiger charge is 2.46. The predicted octanol–water partition coefficient (Wildman–Crippen LogP) is 2.64. The number of hydrogen-bond donors (Lipinski definition) is 0. The van der Waals surface area contributed by atoms with Gasteiger partial charge >= 0.3 is 0 Å². The van der Waals surface area contributed by atoms with Gasteiger partial charge in [0, 0.05) is 31.6 Å². The second kappa shape index (κ2) is 7.40. The minimum atomic E-state index is -0.239. The summed E-state index contributed by atoms with van der Waals surface area (Å²) in [6.07, 6.45) is 5.30. The molecule has 132 valence electrons. The number of hydrogen-bond acceptors (Lipinski definition) is 3. The maximum atomic E-state index is 12.4. The Morgan fingerprint density at radius 2 is 1.84 bits per heavy atom. The van der Waals surface area contributed by atoms with Crippen LogP contribution in [-0.2, 0) is 20.9 Å². The molecule has 0 spiro atoms. The minimum Gasteiger partial charge on any atom is -0.341 e. The molecule has 5 nitrogen and oxygen atoms in total. The molecule has 2 aliphatic rings. The van der Waals surface area contributed by atoms with E-state index >= 15 is 0 Å². The molecule has 1 aliphatic carbocycles. The first-order valence-corrected chi connectivity index (χ1v) is 8.84. The summed E-state index contributed by atoms with van der Waals surface area (Å²) in [7, 11) is 1.71. The molecule has 3 rings (SSSR count). The van der Waals surface area contributed by atoms with Crippen molar-refractivity contribution in [3.8, 4) is 0 Å². The zero-order valence-electron chi connectivity index (χ0n) is 14.2. The number of benzene rings is 1. The number of fused-ring (bicyclic) bond motifs is 1. The van der Waals surface area contributed by atoms with Gasteiger partial charge in [-0.05, 0) is 30.5 Å². The van der Waals surface area contributed by atoms with Crippen molar-refractivity contribution in [2.45, 2.75) is 25.8 Å². The molecule has 1 aromatic rings. The Kier molecular flexibility index (Phi) is 5.23. The first-order valence-electron chi connectivity index (χ1n) is 8.46. The summed E-state index contributed by atoms with van der Waals surface area (Å²) in [4.78, 5) is 40.0. The number of imide groups is 1. The molecule has 0 saturated carbocycles. The summed E-state index contributed by atoms with van der Waals surface area (Å²) in [5, 5.41) is 0.628. The number of halogens is 1. The monoisotopic (exact) mass is 360 g/mol. The third-order valence-corrected chi connectivity index (χ3v) is 5.12. The van der Waals surface area contributed by atoms with Crippen molar-refractivity contribution >= 4 is 29.3 Å². The van der Waals surface area contributed by atoms with Crippen LogP contribution in [-0.4, -0.2) is 41.1 Å². The number of nitrogens with zero attached hydrogens (tertiary/aromatic N) is 2. The Bertz CT molecular complexity index is 705. The summed E-state index contributed by atoms with van der Waals surface area (Å²) in [5.41, 5.74) is 0.939. The SMILES string of the molecule is CN(Cc1cccc(Cl)c1)C(=O)CCN1C(=O)[C@H]2CC=CC[C@@H]2C1=O. The largest absolute Gasteiger partial charge is 0.341 e. The maximum absolute atomic E-state index is 12.4. The van der Waals surface area contributed by atoms with Crippen LogP contribution >= 0.6 is 11.6 Å². The second-order valence-corrected chi connectivity index (χ2v) is 7.05. The minimum absolute atomic E-state index is 0.103. The third kappa shape index (κ3) is 3.76. The smallest absolute Gasteiger partial charge is 0.233 e. The third-order valence-electron chi connectivity index (χ3n) is 4.88. The van der Waals surface area contributed by atoms with Crippen molar-refractivity contribution in [3.05, 3.63) is 47.0 Å². The van der Waals surface area contributed by atoms with Gasteiger partial charge in [0.25, 0.3) is 0 Å². The molecular formula is C19H21ClN2O3. The van der Waals surface area contributed by atoms with Crippen LogP contribution in [0, 0.1) is 11.8 Å². The van der Waals surface area contributed by atoms with Gasteiger partial charge < -0.3 is 4.90 Å². The van der Waals surface area contributed by atoms with Crippen LogP contribution in [0.3, 0.4) is 0 Å². The van der Waals surface area contributed by atoms with Crippen molar-refractivity contribution in [3.63, 3.8) is 0 Å². The number of amides is 3. The molecule has 0 radical (unpaired) electrons. The summed E-state index contributed by atoms with van der Waals surface area (Å²) in [6.45, 7) is 0.597. The van der Waals surface area contributed by atoms with E-state index in [0.717, 1.165) is 5.56 Å². The van der Waals surface area contributed by atoms with E-state index in [9.17, 15) is 14.4 Å². The van der Waals surface area contributed by atoms with Crippen LogP contribution in [0.15, 0.2) is 36.4 Å². The molecule has 2 atom stereocenters. The lowest BCUT2D eigenvalue weighted by Gasteiger charge is -2.20. The average Bonchev–Trinajstić information content (AvgIpc) is 2.84. The Balaban J connectivity index is 1.55. The Labute approximate surface area is 152 Å². The number of carbonyl (C=O) groups is 3. The number of likely N-dealkylation sites (tertiary alicyclic amines) is 1. The molecular weight excluding hydrogens is 340 g/mol. The topological polar surface area (TPSA) is 57.7 Å². The lowest BCUT2D eigenvalue weighted by molar-refractivity contribution is -0.140. The van der Waals surface area contributed by atoms with Crippen LogP contribution in [0.1, 0.15) is 24.8 Å². The standard InChI is InChI=1S/C19H21ClN2O3/c1-21(12-13-5-4-6-14(20)11-13)17(23)9-10-22-18(24)15-7-2-3-8-16(15)19(22)25/h2-6,11,15-16H,7-10,12H2,1H3/t15-,16-/m0/s1. The van der Waals surface area contributed by atoms with Crippen LogP contribution in [0.5, 0.6) is 0 Å². The van der Waals surface area contributed by atoms with Gasteiger partial charge in [-0.25, -0.2) is 0 Å². The predicted molar refractivity (Wildman–Crippen MR) is 94.6 cm³/mol. The van der Waals surface area contributed by atoms with E-state index in [-0.39, 0.29) is 42.5 Å². The van der Waals surface area contributed by atoms with Crippen molar-refractivity contribution in [1.29, 1.82) is 0 Å². The highest BCUT2D eigenvalue weighted by atomic mass is 35.5. The molecule has 0 bridgehead atoms. The zero-order valence-corrected chi connectivity index (χ0v) is 14.9. The van der Waals surface area contributed by atoms with Gasteiger partial charge in [0.15, 0.2) is 0 Å². The second-order valence-electron chi connectivity index (χ2n) is 6.61. The van der Waals surface area contributed by atoms with Gasteiger partial charge in [0.1, 0.15) is 0 Å². The van der Waals surface area contributed by atoms with E-state index in [1.807, 2.05) is 30.4 Å².